The van der Waals surface area contributed by atoms with Crippen LogP contribution in [0, 0.1) is 0 Å². The Morgan fingerprint density at radius 1 is 1.33 bits per heavy atom. The van der Waals surface area contributed by atoms with Crippen LogP contribution in [0.4, 0.5) is 4.79 Å². The third-order valence-electron chi connectivity index (χ3n) is 2.86. The van der Waals surface area contributed by atoms with E-state index in [1.165, 1.54) is 11.8 Å². The van der Waals surface area contributed by atoms with E-state index in [9.17, 15) is 9.59 Å². The molecule has 0 rings (SSSR count). The van der Waals surface area contributed by atoms with E-state index in [1.807, 2.05) is 13.8 Å². The zero-order valence-corrected chi connectivity index (χ0v) is 11.4. The maximum absolute atomic E-state index is 11.9. The monoisotopic (exact) mass is 260 g/mol. The summed E-state index contributed by atoms with van der Waals surface area (Å²) < 4.78 is 0. The summed E-state index contributed by atoms with van der Waals surface area (Å²) in [4.78, 5) is 24.6. The van der Waals surface area contributed by atoms with Crippen molar-refractivity contribution < 1.29 is 19.8 Å². The van der Waals surface area contributed by atoms with Gasteiger partial charge in [-0.25, -0.2) is 9.59 Å². The van der Waals surface area contributed by atoms with Gasteiger partial charge in [0.15, 0.2) is 0 Å². The Morgan fingerprint density at radius 2 is 1.94 bits per heavy atom. The minimum absolute atomic E-state index is 0.00887. The molecule has 0 radical (unpaired) electrons. The summed E-state index contributed by atoms with van der Waals surface area (Å²) in [7, 11) is 0. The highest BCUT2D eigenvalue weighted by atomic mass is 16.4. The number of aliphatic hydroxyl groups excluding tert-OH is 1. The molecule has 0 saturated heterocycles. The number of carboxylic acids is 1. The number of hydrogen-bond donors (Lipinski definition) is 3. The van der Waals surface area contributed by atoms with E-state index >= 15 is 0 Å². The molecule has 0 aromatic heterocycles. The number of carbonyl (C=O) groups excluding carboxylic acids is 1. The van der Waals surface area contributed by atoms with E-state index in [0.29, 0.717) is 32.4 Å². The van der Waals surface area contributed by atoms with E-state index in [-0.39, 0.29) is 6.61 Å². The van der Waals surface area contributed by atoms with Crippen LogP contribution < -0.4 is 5.32 Å². The van der Waals surface area contributed by atoms with Crippen LogP contribution in [0.1, 0.15) is 40.0 Å². The second-order valence-electron chi connectivity index (χ2n) is 4.47. The fraction of sp³-hybridized carbons (Fsp3) is 0.833. The zero-order chi connectivity index (χ0) is 14.2. The number of nitrogens with one attached hydrogen (secondary N) is 1. The van der Waals surface area contributed by atoms with Crippen molar-refractivity contribution in [2.45, 2.75) is 45.6 Å². The van der Waals surface area contributed by atoms with Gasteiger partial charge in [0.2, 0.25) is 0 Å². The van der Waals surface area contributed by atoms with Crippen molar-refractivity contribution in [3.63, 3.8) is 0 Å². The predicted octanol–water partition coefficient (Wildman–Crippen LogP) is 1.04. The quantitative estimate of drug-likeness (QED) is 0.608. The fourth-order valence-electron chi connectivity index (χ4n) is 1.70. The largest absolute Gasteiger partial charge is 0.480 e. The van der Waals surface area contributed by atoms with Gasteiger partial charge >= 0.3 is 12.0 Å². The molecule has 0 fully saturated rings. The van der Waals surface area contributed by atoms with Crippen molar-refractivity contribution >= 4 is 12.0 Å². The number of rotatable bonds is 8. The first-order valence-corrected chi connectivity index (χ1v) is 6.32. The van der Waals surface area contributed by atoms with Crippen molar-refractivity contribution in [2.24, 2.45) is 0 Å². The third-order valence-corrected chi connectivity index (χ3v) is 2.86. The first-order valence-electron chi connectivity index (χ1n) is 6.32. The molecular weight excluding hydrogens is 236 g/mol. The van der Waals surface area contributed by atoms with Crippen molar-refractivity contribution in [2.75, 3.05) is 19.7 Å². The molecule has 0 aliphatic carbocycles. The molecule has 0 aromatic carbocycles. The van der Waals surface area contributed by atoms with Gasteiger partial charge in [0.05, 0.1) is 0 Å². The van der Waals surface area contributed by atoms with Crippen LogP contribution in [0.25, 0.3) is 0 Å². The summed E-state index contributed by atoms with van der Waals surface area (Å²) in [6.07, 6.45) is 1.54. The van der Waals surface area contributed by atoms with Crippen molar-refractivity contribution in [1.82, 2.24) is 10.2 Å². The number of hydrogen-bond acceptors (Lipinski definition) is 3. The molecule has 1 unspecified atom stereocenters. The first-order chi connectivity index (χ1) is 8.41. The van der Waals surface area contributed by atoms with Gasteiger partial charge in [0.1, 0.15) is 5.54 Å². The normalized spacial score (nSPS) is 13.8. The van der Waals surface area contributed by atoms with Crippen molar-refractivity contribution in [1.29, 1.82) is 0 Å². The number of amides is 2. The zero-order valence-electron chi connectivity index (χ0n) is 11.4. The van der Waals surface area contributed by atoms with Crippen molar-refractivity contribution in [3.05, 3.63) is 0 Å². The van der Waals surface area contributed by atoms with Gasteiger partial charge < -0.3 is 20.4 Å². The highest BCUT2D eigenvalue weighted by molar-refractivity contribution is 5.85. The lowest BCUT2D eigenvalue weighted by molar-refractivity contribution is -0.144. The molecule has 3 N–H and O–H groups in total. The van der Waals surface area contributed by atoms with E-state index in [1.54, 1.807) is 0 Å². The summed E-state index contributed by atoms with van der Waals surface area (Å²) in [5, 5.41) is 20.5. The number of carboxylic acid groups (broad SMARTS) is 1. The second-order valence-corrected chi connectivity index (χ2v) is 4.47. The van der Waals surface area contributed by atoms with Crippen LogP contribution in [0.15, 0.2) is 0 Å². The average Bonchev–Trinajstić information content (AvgIpc) is 2.30. The molecule has 18 heavy (non-hydrogen) atoms. The molecule has 0 spiro atoms. The van der Waals surface area contributed by atoms with Gasteiger partial charge in [-0.15, -0.1) is 0 Å². The molecule has 0 aliphatic heterocycles. The summed E-state index contributed by atoms with van der Waals surface area (Å²) >= 11 is 0. The lowest BCUT2D eigenvalue weighted by atomic mass is 9.96. The SMILES string of the molecule is CCCC(C)(NC(=O)N(CC)CCCO)C(=O)O. The second kappa shape index (κ2) is 7.92. The maximum atomic E-state index is 11.9. The number of nitrogens with zero attached hydrogens (tertiary/aromatic N) is 1. The van der Waals surface area contributed by atoms with Crippen LogP contribution in [-0.2, 0) is 4.79 Å². The number of carbonyl (C=O) groups is 2. The summed E-state index contributed by atoms with van der Waals surface area (Å²) in [6.45, 7) is 6.10. The van der Waals surface area contributed by atoms with E-state index in [0.717, 1.165) is 0 Å². The molecule has 0 aromatic rings. The molecule has 2 amide bonds. The highest BCUT2D eigenvalue weighted by Crippen LogP contribution is 2.13. The number of urea groups is 1. The Labute approximate surface area is 108 Å². The van der Waals surface area contributed by atoms with Gasteiger partial charge in [0.25, 0.3) is 0 Å². The third kappa shape index (κ3) is 4.91. The lowest BCUT2D eigenvalue weighted by Crippen LogP contribution is -2.56. The Hall–Kier alpha value is -1.30. The molecule has 1 atom stereocenters. The van der Waals surface area contributed by atoms with Crippen LogP contribution in [0.2, 0.25) is 0 Å². The van der Waals surface area contributed by atoms with Gasteiger partial charge in [-0.1, -0.05) is 13.3 Å². The first kappa shape index (κ1) is 16.7. The van der Waals surface area contributed by atoms with Gasteiger partial charge in [-0.05, 0) is 26.7 Å². The van der Waals surface area contributed by atoms with Crippen molar-refractivity contribution in [3.8, 4) is 0 Å². The Bertz CT molecular complexity index is 283. The molecule has 0 saturated carbocycles. The molecule has 106 valence electrons. The predicted molar refractivity (Wildman–Crippen MR) is 68.4 cm³/mol. The highest BCUT2D eigenvalue weighted by Gasteiger charge is 2.34. The molecule has 0 heterocycles. The van der Waals surface area contributed by atoms with Gasteiger partial charge in [0, 0.05) is 19.7 Å². The summed E-state index contributed by atoms with van der Waals surface area (Å²) in [6, 6.07) is -0.399. The van der Waals surface area contributed by atoms with Crippen LogP contribution >= 0.6 is 0 Å². The summed E-state index contributed by atoms with van der Waals surface area (Å²) in [5.41, 5.74) is -1.24. The molecule has 0 bridgehead atoms. The molecule has 6 heteroatoms. The Kier molecular flexibility index (Phi) is 7.35. The van der Waals surface area contributed by atoms with E-state index in [2.05, 4.69) is 5.32 Å². The smallest absolute Gasteiger partial charge is 0.329 e. The molecule has 6 nitrogen and oxygen atoms in total. The van der Waals surface area contributed by atoms with Crippen LogP contribution in [-0.4, -0.2) is 52.3 Å². The standard InChI is InChI=1S/C12H24N2O4/c1-4-7-12(3,10(16)17)13-11(18)14(5-2)8-6-9-15/h15H,4-9H2,1-3H3,(H,13,18)(H,16,17). The Balaban J connectivity index is 4.61. The lowest BCUT2D eigenvalue weighted by Gasteiger charge is -2.30. The summed E-state index contributed by atoms with van der Waals surface area (Å²) in [5.74, 6) is -1.03. The van der Waals surface area contributed by atoms with Gasteiger partial charge in [-0.2, -0.15) is 0 Å². The minimum atomic E-state index is -1.24. The van der Waals surface area contributed by atoms with Gasteiger partial charge in [-0.3, -0.25) is 0 Å². The number of aliphatic carboxylic acids is 1. The topological polar surface area (TPSA) is 89.9 Å². The molecule has 0 aliphatic rings. The Morgan fingerprint density at radius 3 is 2.33 bits per heavy atom. The number of aliphatic hydroxyl groups is 1. The maximum Gasteiger partial charge on any atom is 0.329 e. The minimum Gasteiger partial charge on any atom is -0.480 e. The average molecular weight is 260 g/mol. The van der Waals surface area contributed by atoms with E-state index in [4.69, 9.17) is 10.2 Å². The fourth-order valence-corrected chi connectivity index (χ4v) is 1.70. The van der Waals surface area contributed by atoms with Crippen LogP contribution in [0.3, 0.4) is 0 Å². The molecular formula is C12H24N2O4. The van der Waals surface area contributed by atoms with Crippen LogP contribution in [0.5, 0.6) is 0 Å². The van der Waals surface area contributed by atoms with E-state index < -0.39 is 17.5 Å².